The second-order valence-corrected chi connectivity index (χ2v) is 9.41. The van der Waals surface area contributed by atoms with Crippen LogP contribution in [0.4, 0.5) is 13.2 Å². The van der Waals surface area contributed by atoms with Gasteiger partial charge in [-0.2, -0.15) is 13.2 Å². The second kappa shape index (κ2) is 13.8. The van der Waals surface area contributed by atoms with Crippen LogP contribution in [0.2, 0.25) is 0 Å². The van der Waals surface area contributed by atoms with Crippen molar-refractivity contribution in [3.63, 3.8) is 0 Å². The number of ketones is 1. The molecule has 0 saturated carbocycles. The lowest BCUT2D eigenvalue weighted by Crippen LogP contribution is -2.54. The highest BCUT2D eigenvalue weighted by molar-refractivity contribution is 5.97. The van der Waals surface area contributed by atoms with Gasteiger partial charge < -0.3 is 20.7 Å². The van der Waals surface area contributed by atoms with E-state index in [0.29, 0.717) is 12.2 Å². The van der Waals surface area contributed by atoms with Crippen molar-refractivity contribution >= 4 is 23.5 Å². The van der Waals surface area contributed by atoms with Gasteiger partial charge in [0.05, 0.1) is 19.1 Å². The van der Waals surface area contributed by atoms with Crippen molar-refractivity contribution < 1.29 is 37.1 Å². The Morgan fingerprint density at radius 1 is 0.795 bits per heavy atom. The highest BCUT2D eigenvalue weighted by atomic mass is 19.4. The highest BCUT2D eigenvalue weighted by Gasteiger charge is 2.45. The van der Waals surface area contributed by atoms with Gasteiger partial charge in [-0.25, -0.2) is 0 Å². The maximum Gasteiger partial charge on any atom is 0.452 e. The number of halogens is 3. The number of ether oxygens (including phenoxy) is 1. The van der Waals surface area contributed by atoms with E-state index in [0.717, 1.165) is 5.56 Å². The number of methoxy groups -OCH3 is 1. The smallest absolute Gasteiger partial charge is 0.452 e. The van der Waals surface area contributed by atoms with Gasteiger partial charge in [-0.1, -0.05) is 63.2 Å². The van der Waals surface area contributed by atoms with Crippen LogP contribution in [0.15, 0.2) is 54.6 Å². The molecule has 0 aliphatic heterocycles. The van der Waals surface area contributed by atoms with Crippen molar-refractivity contribution in [2.75, 3.05) is 7.11 Å². The molecule has 4 atom stereocenters. The first-order valence-corrected chi connectivity index (χ1v) is 12.5. The molecule has 0 saturated heterocycles. The summed E-state index contributed by atoms with van der Waals surface area (Å²) in [5.41, 5.74) is 1.01. The predicted molar refractivity (Wildman–Crippen MR) is 139 cm³/mol. The molecule has 2 aromatic rings. The Morgan fingerprint density at radius 2 is 1.38 bits per heavy atom. The van der Waals surface area contributed by atoms with Crippen LogP contribution < -0.4 is 20.7 Å². The average Bonchev–Trinajstić information content (AvgIpc) is 2.90. The summed E-state index contributed by atoms with van der Waals surface area (Å²) in [6, 6.07) is 10.6. The van der Waals surface area contributed by atoms with Gasteiger partial charge in [0.15, 0.2) is 0 Å². The van der Waals surface area contributed by atoms with E-state index < -0.39 is 59.6 Å². The predicted octanol–water partition coefficient (Wildman–Crippen LogP) is 3.82. The van der Waals surface area contributed by atoms with Crippen LogP contribution in [0, 0.1) is 5.92 Å². The standard InChI is InChI=1S/C28H34F3N3O5/c1-6-21(18-10-8-7-9-11-18)26(37)32-17(4)25(36)34-23(19-12-14-20(39-5)15-13-19)27(38)33-22(16(2)3)24(35)28(29,30)31/h7-17,21-23H,6H2,1-5H3,(H,32,37)(H,33,38)(H,34,36)/t17-,21?,22-,23-/m0/s1. The number of carbonyl (C=O) groups excluding carboxylic acids is 4. The minimum Gasteiger partial charge on any atom is -0.497 e. The van der Waals surface area contributed by atoms with E-state index in [-0.39, 0.29) is 5.56 Å². The number of carbonyl (C=O) groups is 4. The number of hydrogen-bond donors (Lipinski definition) is 3. The van der Waals surface area contributed by atoms with Crippen LogP contribution in [0.1, 0.15) is 57.2 Å². The number of rotatable bonds is 12. The quantitative estimate of drug-likeness (QED) is 0.373. The Hall–Kier alpha value is -3.89. The first-order valence-electron chi connectivity index (χ1n) is 12.5. The molecule has 0 heterocycles. The Labute approximate surface area is 225 Å². The average molecular weight is 550 g/mol. The first-order chi connectivity index (χ1) is 18.3. The topological polar surface area (TPSA) is 114 Å². The fourth-order valence-corrected chi connectivity index (χ4v) is 3.95. The molecule has 2 rings (SSSR count). The van der Waals surface area contributed by atoms with Gasteiger partial charge >= 0.3 is 6.18 Å². The Balaban J connectivity index is 2.27. The van der Waals surface area contributed by atoms with Crippen molar-refractivity contribution in [1.82, 2.24) is 16.0 Å². The van der Waals surface area contributed by atoms with Gasteiger partial charge in [-0.05, 0) is 42.5 Å². The first kappa shape index (κ1) is 31.3. The lowest BCUT2D eigenvalue weighted by atomic mass is 9.95. The summed E-state index contributed by atoms with van der Waals surface area (Å²) in [5.74, 6) is -5.20. The van der Waals surface area contributed by atoms with E-state index in [9.17, 15) is 32.3 Å². The summed E-state index contributed by atoms with van der Waals surface area (Å²) in [4.78, 5) is 51.1. The normalized spacial score (nSPS) is 14.5. The third kappa shape index (κ3) is 8.56. The summed E-state index contributed by atoms with van der Waals surface area (Å²) in [6.45, 7) is 5.99. The molecule has 0 aromatic heterocycles. The molecular weight excluding hydrogens is 515 g/mol. The van der Waals surface area contributed by atoms with Crippen LogP contribution in [-0.4, -0.2) is 48.9 Å². The highest BCUT2D eigenvalue weighted by Crippen LogP contribution is 2.24. The molecule has 0 bridgehead atoms. The van der Waals surface area contributed by atoms with Crippen molar-refractivity contribution in [2.24, 2.45) is 5.92 Å². The summed E-state index contributed by atoms with van der Waals surface area (Å²) < 4.78 is 44.5. The number of Topliss-reactive ketones (excluding diaryl/α,β-unsaturated/α-hetero) is 1. The van der Waals surface area contributed by atoms with E-state index in [1.54, 1.807) is 24.3 Å². The molecule has 8 nitrogen and oxygen atoms in total. The van der Waals surface area contributed by atoms with E-state index in [1.807, 2.05) is 13.0 Å². The van der Waals surface area contributed by atoms with Gasteiger partial charge in [-0.15, -0.1) is 0 Å². The lowest BCUT2D eigenvalue weighted by molar-refractivity contribution is -0.175. The van der Waals surface area contributed by atoms with Gasteiger partial charge in [-0.3, -0.25) is 19.2 Å². The molecule has 0 radical (unpaired) electrons. The monoisotopic (exact) mass is 549 g/mol. The summed E-state index contributed by atoms with van der Waals surface area (Å²) in [7, 11) is 1.43. The summed E-state index contributed by atoms with van der Waals surface area (Å²) >= 11 is 0. The zero-order chi connectivity index (χ0) is 29.3. The number of amides is 3. The molecule has 2 aromatic carbocycles. The van der Waals surface area contributed by atoms with Crippen LogP contribution >= 0.6 is 0 Å². The van der Waals surface area contributed by atoms with E-state index in [1.165, 1.54) is 52.1 Å². The Morgan fingerprint density at radius 3 is 1.87 bits per heavy atom. The molecule has 0 spiro atoms. The number of hydrogen-bond acceptors (Lipinski definition) is 5. The summed E-state index contributed by atoms with van der Waals surface area (Å²) in [6.07, 6.45) is -4.68. The minimum absolute atomic E-state index is 0.234. The molecule has 3 amide bonds. The van der Waals surface area contributed by atoms with Gasteiger partial charge in [0, 0.05) is 0 Å². The SMILES string of the molecule is CCC(C(=O)N[C@@H](C)C(=O)N[C@H](C(=O)N[C@H](C(=O)C(F)(F)F)C(C)C)c1ccc(OC)cc1)c1ccccc1. The van der Waals surface area contributed by atoms with E-state index >= 15 is 0 Å². The van der Waals surface area contributed by atoms with Gasteiger partial charge in [0.25, 0.3) is 5.78 Å². The molecule has 0 aliphatic rings. The zero-order valence-corrected chi connectivity index (χ0v) is 22.5. The molecule has 212 valence electrons. The third-order valence-corrected chi connectivity index (χ3v) is 6.20. The summed E-state index contributed by atoms with van der Waals surface area (Å²) in [5, 5.41) is 7.27. The van der Waals surface area contributed by atoms with Crippen LogP contribution in [-0.2, 0) is 19.2 Å². The van der Waals surface area contributed by atoms with Gasteiger partial charge in [0.1, 0.15) is 17.8 Å². The number of alkyl halides is 3. The molecule has 1 unspecified atom stereocenters. The Kier molecular flexibility index (Phi) is 11.1. The largest absolute Gasteiger partial charge is 0.497 e. The molecule has 3 N–H and O–H groups in total. The fraction of sp³-hybridized carbons (Fsp3) is 0.429. The molecule has 0 aliphatic carbocycles. The van der Waals surface area contributed by atoms with Crippen LogP contribution in [0.25, 0.3) is 0 Å². The number of benzene rings is 2. The molecular formula is C28H34F3N3O5. The second-order valence-electron chi connectivity index (χ2n) is 9.41. The van der Waals surface area contributed by atoms with Crippen molar-refractivity contribution in [3.8, 4) is 5.75 Å². The van der Waals surface area contributed by atoms with E-state index in [4.69, 9.17) is 4.74 Å². The van der Waals surface area contributed by atoms with Crippen molar-refractivity contribution in [1.29, 1.82) is 0 Å². The third-order valence-electron chi connectivity index (χ3n) is 6.20. The fourth-order valence-electron chi connectivity index (χ4n) is 3.95. The van der Waals surface area contributed by atoms with Gasteiger partial charge in [0.2, 0.25) is 17.7 Å². The lowest BCUT2D eigenvalue weighted by Gasteiger charge is -2.27. The van der Waals surface area contributed by atoms with Crippen LogP contribution in [0.5, 0.6) is 5.75 Å². The number of nitrogens with one attached hydrogen (secondary N) is 3. The van der Waals surface area contributed by atoms with E-state index in [2.05, 4.69) is 16.0 Å². The molecule has 11 heteroatoms. The van der Waals surface area contributed by atoms with Crippen LogP contribution in [0.3, 0.4) is 0 Å². The van der Waals surface area contributed by atoms with Crippen molar-refractivity contribution in [3.05, 3.63) is 65.7 Å². The molecule has 0 fully saturated rings. The molecule has 39 heavy (non-hydrogen) atoms. The maximum absolute atomic E-state index is 13.2. The maximum atomic E-state index is 13.2. The zero-order valence-electron chi connectivity index (χ0n) is 22.5. The van der Waals surface area contributed by atoms with Crippen molar-refractivity contribution in [2.45, 2.75) is 64.3 Å². The minimum atomic E-state index is -5.16. The Bertz CT molecular complexity index is 1140.